The van der Waals surface area contributed by atoms with Crippen LogP contribution >= 0.6 is 0 Å². The highest BCUT2D eigenvalue weighted by atomic mass is 16.7. The molecule has 0 spiro atoms. The Morgan fingerprint density at radius 3 is 2.62 bits per heavy atom. The normalized spacial score (nSPS) is 30.0. The van der Waals surface area contributed by atoms with Gasteiger partial charge in [0, 0.05) is 11.5 Å². The van der Waals surface area contributed by atoms with E-state index >= 15 is 0 Å². The summed E-state index contributed by atoms with van der Waals surface area (Å²) in [5, 5.41) is 0. The summed E-state index contributed by atoms with van der Waals surface area (Å²) >= 11 is 0. The van der Waals surface area contributed by atoms with E-state index in [9.17, 15) is 0 Å². The molecule has 0 amide bonds. The fourth-order valence-corrected chi connectivity index (χ4v) is 2.02. The highest BCUT2D eigenvalue weighted by Crippen LogP contribution is 2.31. The SMILES string of the molecule is C=C(C)[C@@H]1O[C@H](c2ccccc2)OC[C@@H]1C. The first kappa shape index (κ1) is 11.4. The lowest BCUT2D eigenvalue weighted by molar-refractivity contribution is -0.228. The molecular formula is C14H18O2. The lowest BCUT2D eigenvalue weighted by Crippen LogP contribution is -2.35. The van der Waals surface area contributed by atoms with Crippen LogP contribution in [0.15, 0.2) is 42.5 Å². The predicted octanol–water partition coefficient (Wildman–Crippen LogP) is 3.31. The van der Waals surface area contributed by atoms with E-state index in [0.717, 1.165) is 17.7 Å². The molecule has 1 fully saturated rings. The largest absolute Gasteiger partial charge is 0.348 e. The Bertz CT molecular complexity index is 358. The maximum atomic E-state index is 5.92. The molecule has 1 aliphatic rings. The van der Waals surface area contributed by atoms with Gasteiger partial charge in [-0.05, 0) is 6.92 Å². The Kier molecular flexibility index (Phi) is 3.42. The number of ether oxygens (including phenoxy) is 2. The molecule has 0 bridgehead atoms. The Balaban J connectivity index is 2.12. The van der Waals surface area contributed by atoms with Gasteiger partial charge in [-0.2, -0.15) is 0 Å². The molecule has 1 heterocycles. The smallest absolute Gasteiger partial charge is 0.184 e. The minimum absolute atomic E-state index is 0.0963. The quantitative estimate of drug-likeness (QED) is 0.709. The van der Waals surface area contributed by atoms with Crippen molar-refractivity contribution in [1.29, 1.82) is 0 Å². The molecule has 0 N–H and O–H groups in total. The van der Waals surface area contributed by atoms with Crippen molar-refractivity contribution in [2.24, 2.45) is 5.92 Å². The lowest BCUT2D eigenvalue weighted by atomic mass is 9.99. The van der Waals surface area contributed by atoms with Crippen LogP contribution in [0.25, 0.3) is 0 Å². The van der Waals surface area contributed by atoms with E-state index in [1.807, 2.05) is 37.3 Å². The van der Waals surface area contributed by atoms with Crippen LogP contribution in [0.2, 0.25) is 0 Å². The number of hydrogen-bond acceptors (Lipinski definition) is 2. The second-order valence-electron chi connectivity index (χ2n) is 4.46. The summed E-state index contributed by atoms with van der Waals surface area (Å²) in [4.78, 5) is 0. The van der Waals surface area contributed by atoms with Gasteiger partial charge in [-0.15, -0.1) is 0 Å². The summed E-state index contributed by atoms with van der Waals surface area (Å²) in [5.74, 6) is 0.373. The number of rotatable bonds is 2. The molecule has 0 radical (unpaired) electrons. The van der Waals surface area contributed by atoms with Crippen molar-refractivity contribution in [3.05, 3.63) is 48.0 Å². The van der Waals surface area contributed by atoms with Crippen molar-refractivity contribution in [1.82, 2.24) is 0 Å². The van der Waals surface area contributed by atoms with Crippen LogP contribution in [0.1, 0.15) is 25.7 Å². The van der Waals surface area contributed by atoms with Gasteiger partial charge >= 0.3 is 0 Å². The van der Waals surface area contributed by atoms with Gasteiger partial charge in [0.2, 0.25) is 0 Å². The van der Waals surface area contributed by atoms with Crippen LogP contribution in [0.5, 0.6) is 0 Å². The summed E-state index contributed by atoms with van der Waals surface area (Å²) in [6.07, 6.45) is -0.155. The molecule has 1 saturated heterocycles. The lowest BCUT2D eigenvalue weighted by Gasteiger charge is -2.35. The molecule has 16 heavy (non-hydrogen) atoms. The molecule has 0 saturated carbocycles. The average molecular weight is 218 g/mol. The summed E-state index contributed by atoms with van der Waals surface area (Å²) < 4.78 is 11.6. The molecule has 86 valence electrons. The van der Waals surface area contributed by atoms with Gasteiger partial charge in [0.15, 0.2) is 6.29 Å². The third kappa shape index (κ3) is 2.34. The van der Waals surface area contributed by atoms with Gasteiger partial charge in [-0.25, -0.2) is 0 Å². The first-order valence-electron chi connectivity index (χ1n) is 5.66. The van der Waals surface area contributed by atoms with E-state index in [2.05, 4.69) is 13.5 Å². The molecule has 1 aliphatic heterocycles. The van der Waals surface area contributed by atoms with Crippen LogP contribution < -0.4 is 0 Å². The van der Waals surface area contributed by atoms with Crippen molar-refractivity contribution in [3.63, 3.8) is 0 Å². The summed E-state index contributed by atoms with van der Waals surface area (Å²) in [6, 6.07) is 10.0. The van der Waals surface area contributed by atoms with Crippen LogP contribution in [0.4, 0.5) is 0 Å². The monoisotopic (exact) mass is 218 g/mol. The van der Waals surface area contributed by atoms with Crippen molar-refractivity contribution in [2.75, 3.05) is 6.61 Å². The fourth-order valence-electron chi connectivity index (χ4n) is 2.02. The van der Waals surface area contributed by atoms with Crippen molar-refractivity contribution in [3.8, 4) is 0 Å². The van der Waals surface area contributed by atoms with Crippen LogP contribution in [-0.2, 0) is 9.47 Å². The molecule has 2 rings (SSSR count). The minimum Gasteiger partial charge on any atom is -0.348 e. The summed E-state index contributed by atoms with van der Waals surface area (Å²) in [5.41, 5.74) is 2.14. The second kappa shape index (κ2) is 4.81. The average Bonchev–Trinajstić information content (AvgIpc) is 2.30. The Morgan fingerprint density at radius 2 is 2.00 bits per heavy atom. The first-order chi connectivity index (χ1) is 7.68. The maximum absolute atomic E-state index is 5.92. The number of benzene rings is 1. The molecular weight excluding hydrogens is 200 g/mol. The van der Waals surface area contributed by atoms with Crippen LogP contribution in [0, 0.1) is 5.92 Å². The third-order valence-electron chi connectivity index (χ3n) is 2.85. The van der Waals surface area contributed by atoms with Gasteiger partial charge < -0.3 is 9.47 Å². The van der Waals surface area contributed by atoms with E-state index in [1.54, 1.807) is 0 Å². The Hall–Kier alpha value is -1.12. The summed E-state index contributed by atoms with van der Waals surface area (Å²) in [6.45, 7) is 8.83. The standard InChI is InChI=1S/C14H18O2/c1-10(2)13-11(3)9-15-14(16-13)12-7-5-4-6-8-12/h4-8,11,13-14H,1,9H2,2-3H3/t11-,13-,14+/m0/s1. The predicted molar refractivity (Wildman–Crippen MR) is 64.0 cm³/mol. The van der Waals surface area contributed by atoms with Gasteiger partial charge in [-0.1, -0.05) is 49.4 Å². The molecule has 0 aromatic heterocycles. The van der Waals surface area contributed by atoms with E-state index in [1.165, 1.54) is 0 Å². The van der Waals surface area contributed by atoms with E-state index in [4.69, 9.17) is 9.47 Å². The highest BCUT2D eigenvalue weighted by Gasteiger charge is 2.30. The third-order valence-corrected chi connectivity index (χ3v) is 2.85. The zero-order chi connectivity index (χ0) is 11.5. The second-order valence-corrected chi connectivity index (χ2v) is 4.46. The summed E-state index contributed by atoms with van der Waals surface area (Å²) in [7, 11) is 0. The number of hydrogen-bond donors (Lipinski definition) is 0. The minimum atomic E-state index is -0.251. The van der Waals surface area contributed by atoms with E-state index < -0.39 is 0 Å². The zero-order valence-corrected chi connectivity index (χ0v) is 9.85. The Labute approximate surface area is 96.9 Å². The highest BCUT2D eigenvalue weighted by molar-refractivity contribution is 5.17. The van der Waals surface area contributed by atoms with Gasteiger partial charge in [0.1, 0.15) is 0 Å². The first-order valence-corrected chi connectivity index (χ1v) is 5.66. The van der Waals surface area contributed by atoms with Gasteiger partial charge in [-0.3, -0.25) is 0 Å². The fraction of sp³-hybridized carbons (Fsp3) is 0.429. The zero-order valence-electron chi connectivity index (χ0n) is 9.85. The van der Waals surface area contributed by atoms with Crippen molar-refractivity contribution < 1.29 is 9.47 Å². The van der Waals surface area contributed by atoms with Crippen LogP contribution in [-0.4, -0.2) is 12.7 Å². The van der Waals surface area contributed by atoms with E-state index in [0.29, 0.717) is 5.92 Å². The topological polar surface area (TPSA) is 18.5 Å². The van der Waals surface area contributed by atoms with Crippen molar-refractivity contribution in [2.45, 2.75) is 26.2 Å². The van der Waals surface area contributed by atoms with E-state index in [-0.39, 0.29) is 12.4 Å². The molecule has 0 unspecified atom stereocenters. The van der Waals surface area contributed by atoms with Crippen LogP contribution in [0.3, 0.4) is 0 Å². The molecule has 2 heteroatoms. The van der Waals surface area contributed by atoms with Gasteiger partial charge in [0.25, 0.3) is 0 Å². The molecule has 2 nitrogen and oxygen atoms in total. The molecule has 1 aromatic carbocycles. The van der Waals surface area contributed by atoms with Crippen molar-refractivity contribution >= 4 is 0 Å². The molecule has 1 aromatic rings. The van der Waals surface area contributed by atoms with Gasteiger partial charge in [0.05, 0.1) is 12.7 Å². The maximum Gasteiger partial charge on any atom is 0.184 e. The molecule has 0 aliphatic carbocycles. The Morgan fingerprint density at radius 1 is 1.31 bits per heavy atom. The molecule has 3 atom stereocenters.